The van der Waals surface area contributed by atoms with Crippen LogP contribution in [0.1, 0.15) is 21.7 Å². The largest absolute Gasteiger partial charge is 0.328 e. The summed E-state index contributed by atoms with van der Waals surface area (Å²) < 4.78 is 4.80. The Morgan fingerprint density at radius 1 is 1.42 bits per heavy atom. The van der Waals surface area contributed by atoms with Crippen molar-refractivity contribution in [1.82, 2.24) is 10.1 Å². The van der Waals surface area contributed by atoms with Gasteiger partial charge in [0.1, 0.15) is 0 Å². The van der Waals surface area contributed by atoms with Crippen LogP contribution in [0.25, 0.3) is 0 Å². The number of nitrogens with two attached hydrogens (primary N) is 1. The molecular formula is C13H12N4O2. The standard InChI is InChI=1S/C13H12N4O2/c1-9-15-13(19-17-9)16-12(18)11-6-4-10(5-7-11)3-2-8-14/h4-7H,8,14H2,1H3,(H,15,16,17,18). The van der Waals surface area contributed by atoms with Crippen molar-refractivity contribution in [3.05, 3.63) is 41.2 Å². The van der Waals surface area contributed by atoms with Crippen LogP contribution in [0.4, 0.5) is 6.01 Å². The highest BCUT2D eigenvalue weighted by atomic mass is 16.5. The Morgan fingerprint density at radius 3 is 2.74 bits per heavy atom. The van der Waals surface area contributed by atoms with Gasteiger partial charge in [-0.1, -0.05) is 17.0 Å². The third-order valence-electron chi connectivity index (χ3n) is 2.23. The number of benzene rings is 1. The van der Waals surface area contributed by atoms with Crippen LogP contribution < -0.4 is 11.1 Å². The number of nitrogens with one attached hydrogen (secondary N) is 1. The van der Waals surface area contributed by atoms with E-state index in [9.17, 15) is 4.79 Å². The molecule has 0 fully saturated rings. The molecule has 19 heavy (non-hydrogen) atoms. The quantitative estimate of drug-likeness (QED) is 0.780. The highest BCUT2D eigenvalue weighted by Crippen LogP contribution is 2.08. The van der Waals surface area contributed by atoms with Crippen LogP contribution >= 0.6 is 0 Å². The second-order valence-corrected chi connectivity index (χ2v) is 3.68. The van der Waals surface area contributed by atoms with Gasteiger partial charge < -0.3 is 10.3 Å². The Kier molecular flexibility index (Phi) is 3.90. The van der Waals surface area contributed by atoms with E-state index in [-0.39, 0.29) is 11.9 Å². The molecule has 3 N–H and O–H groups in total. The molecule has 1 aromatic carbocycles. The minimum atomic E-state index is -0.318. The lowest BCUT2D eigenvalue weighted by Gasteiger charge is -2.00. The fourth-order valence-corrected chi connectivity index (χ4v) is 1.38. The van der Waals surface area contributed by atoms with Gasteiger partial charge in [-0.05, 0) is 31.2 Å². The summed E-state index contributed by atoms with van der Waals surface area (Å²) in [5.74, 6) is 5.76. The molecule has 1 aromatic heterocycles. The van der Waals surface area contributed by atoms with Gasteiger partial charge in [-0.3, -0.25) is 10.1 Å². The van der Waals surface area contributed by atoms with Crippen molar-refractivity contribution in [1.29, 1.82) is 0 Å². The van der Waals surface area contributed by atoms with Crippen LogP contribution in [0.5, 0.6) is 0 Å². The number of anilines is 1. The average molecular weight is 256 g/mol. The lowest BCUT2D eigenvalue weighted by atomic mass is 10.1. The van der Waals surface area contributed by atoms with Gasteiger partial charge in [0.25, 0.3) is 5.91 Å². The van der Waals surface area contributed by atoms with E-state index in [1.807, 2.05) is 0 Å². The predicted octanol–water partition coefficient (Wildman–Crippen LogP) is 0.941. The van der Waals surface area contributed by atoms with Crippen molar-refractivity contribution in [2.45, 2.75) is 6.92 Å². The second kappa shape index (κ2) is 5.80. The normalized spacial score (nSPS) is 9.58. The molecule has 2 aromatic rings. The van der Waals surface area contributed by atoms with Crippen LogP contribution in [0.2, 0.25) is 0 Å². The molecule has 1 heterocycles. The van der Waals surface area contributed by atoms with E-state index in [1.165, 1.54) is 0 Å². The summed E-state index contributed by atoms with van der Waals surface area (Å²) >= 11 is 0. The fourth-order valence-electron chi connectivity index (χ4n) is 1.38. The van der Waals surface area contributed by atoms with E-state index in [2.05, 4.69) is 27.3 Å². The van der Waals surface area contributed by atoms with Crippen LogP contribution in [-0.2, 0) is 0 Å². The maximum atomic E-state index is 11.9. The van der Waals surface area contributed by atoms with E-state index in [1.54, 1.807) is 31.2 Å². The third kappa shape index (κ3) is 3.40. The SMILES string of the molecule is Cc1noc(NC(=O)c2ccc(C#CCN)cc2)n1. The second-order valence-electron chi connectivity index (χ2n) is 3.68. The Balaban J connectivity index is 2.07. The van der Waals surface area contributed by atoms with E-state index in [0.29, 0.717) is 17.9 Å². The molecule has 0 aliphatic rings. The molecule has 0 saturated carbocycles. The van der Waals surface area contributed by atoms with E-state index >= 15 is 0 Å². The highest BCUT2D eigenvalue weighted by molar-refractivity contribution is 6.03. The lowest BCUT2D eigenvalue weighted by Crippen LogP contribution is -2.12. The number of hydrogen-bond acceptors (Lipinski definition) is 5. The molecule has 0 bridgehead atoms. The zero-order valence-corrected chi connectivity index (χ0v) is 10.3. The number of rotatable bonds is 2. The summed E-state index contributed by atoms with van der Waals surface area (Å²) in [6.07, 6.45) is 0. The summed E-state index contributed by atoms with van der Waals surface area (Å²) in [6.45, 7) is 1.98. The first-order valence-corrected chi connectivity index (χ1v) is 5.59. The highest BCUT2D eigenvalue weighted by Gasteiger charge is 2.09. The maximum absolute atomic E-state index is 11.9. The molecule has 0 saturated heterocycles. The van der Waals surface area contributed by atoms with Gasteiger partial charge in [0, 0.05) is 11.1 Å². The maximum Gasteiger partial charge on any atom is 0.328 e. The van der Waals surface area contributed by atoms with E-state index in [4.69, 9.17) is 10.3 Å². The van der Waals surface area contributed by atoms with Crippen LogP contribution in [0.15, 0.2) is 28.8 Å². The first-order chi connectivity index (χ1) is 9.19. The van der Waals surface area contributed by atoms with Gasteiger partial charge >= 0.3 is 6.01 Å². The van der Waals surface area contributed by atoms with Crippen molar-refractivity contribution in [2.75, 3.05) is 11.9 Å². The topological polar surface area (TPSA) is 94.0 Å². The molecule has 96 valence electrons. The Morgan fingerprint density at radius 2 is 2.16 bits per heavy atom. The number of amides is 1. The van der Waals surface area contributed by atoms with E-state index < -0.39 is 0 Å². The number of hydrogen-bond donors (Lipinski definition) is 2. The van der Waals surface area contributed by atoms with Crippen molar-refractivity contribution in [2.24, 2.45) is 5.73 Å². The first kappa shape index (κ1) is 12.8. The average Bonchev–Trinajstić information content (AvgIpc) is 2.82. The number of nitrogens with zero attached hydrogens (tertiary/aromatic N) is 2. The van der Waals surface area contributed by atoms with Crippen LogP contribution in [-0.4, -0.2) is 22.6 Å². The fraction of sp³-hybridized carbons (Fsp3) is 0.154. The smallest absolute Gasteiger partial charge is 0.320 e. The predicted molar refractivity (Wildman–Crippen MR) is 69.4 cm³/mol. The molecule has 0 aliphatic heterocycles. The molecule has 0 spiro atoms. The molecule has 0 aliphatic carbocycles. The van der Waals surface area contributed by atoms with Crippen LogP contribution in [0, 0.1) is 18.8 Å². The molecule has 6 nitrogen and oxygen atoms in total. The van der Waals surface area contributed by atoms with Gasteiger partial charge in [0.15, 0.2) is 5.82 Å². The monoisotopic (exact) mass is 256 g/mol. The van der Waals surface area contributed by atoms with Gasteiger partial charge in [0.05, 0.1) is 6.54 Å². The molecule has 2 rings (SSSR count). The van der Waals surface area contributed by atoms with E-state index in [0.717, 1.165) is 5.56 Å². The summed E-state index contributed by atoms with van der Waals surface area (Å²) in [7, 11) is 0. The molecular weight excluding hydrogens is 244 g/mol. The van der Waals surface area contributed by atoms with Crippen molar-refractivity contribution in [3.8, 4) is 11.8 Å². The molecule has 0 atom stereocenters. The summed E-state index contributed by atoms with van der Waals surface area (Å²) in [4.78, 5) is 15.7. The summed E-state index contributed by atoms with van der Waals surface area (Å²) in [6, 6.07) is 6.90. The Bertz CT molecular complexity index is 635. The Labute approximate surface area is 110 Å². The molecule has 1 amide bonds. The lowest BCUT2D eigenvalue weighted by molar-refractivity contribution is 0.102. The molecule has 6 heteroatoms. The number of carbonyl (C=O) groups is 1. The summed E-state index contributed by atoms with van der Waals surface area (Å²) in [5.41, 5.74) is 6.56. The number of carbonyl (C=O) groups excluding carboxylic acids is 1. The van der Waals surface area contributed by atoms with Gasteiger partial charge in [-0.15, -0.1) is 0 Å². The van der Waals surface area contributed by atoms with Gasteiger partial charge in [-0.2, -0.15) is 4.98 Å². The van der Waals surface area contributed by atoms with Crippen molar-refractivity contribution < 1.29 is 9.32 Å². The number of aromatic nitrogens is 2. The van der Waals surface area contributed by atoms with Gasteiger partial charge in [0.2, 0.25) is 0 Å². The number of aryl methyl sites for hydroxylation is 1. The van der Waals surface area contributed by atoms with Gasteiger partial charge in [-0.25, -0.2) is 0 Å². The zero-order valence-electron chi connectivity index (χ0n) is 10.3. The molecule has 0 unspecified atom stereocenters. The van der Waals surface area contributed by atoms with Crippen molar-refractivity contribution >= 4 is 11.9 Å². The minimum Gasteiger partial charge on any atom is -0.320 e. The van der Waals surface area contributed by atoms with Crippen LogP contribution in [0.3, 0.4) is 0 Å². The minimum absolute atomic E-state index is 0.0782. The third-order valence-corrected chi connectivity index (χ3v) is 2.23. The Hall–Kier alpha value is -2.65. The molecule has 0 radical (unpaired) electrons. The summed E-state index contributed by atoms with van der Waals surface area (Å²) in [5, 5.41) is 6.09. The zero-order chi connectivity index (χ0) is 13.7. The van der Waals surface area contributed by atoms with Crippen molar-refractivity contribution in [3.63, 3.8) is 0 Å². The first-order valence-electron chi connectivity index (χ1n) is 5.59.